The third-order valence-corrected chi connectivity index (χ3v) is 4.84. The summed E-state index contributed by atoms with van der Waals surface area (Å²) in [5.41, 5.74) is 0.284. The Hall–Kier alpha value is -0.530. The smallest absolute Gasteiger partial charge is 0.307 e. The SMILES string of the molecule is CC1CCC2CC3(CC3C(=O)O)C12. The van der Waals surface area contributed by atoms with Gasteiger partial charge < -0.3 is 5.11 Å². The van der Waals surface area contributed by atoms with Gasteiger partial charge in [-0.1, -0.05) is 13.3 Å². The molecule has 5 atom stereocenters. The van der Waals surface area contributed by atoms with Crippen molar-refractivity contribution in [2.75, 3.05) is 0 Å². The Labute approximate surface area is 78.3 Å². The fourth-order valence-electron chi connectivity index (χ4n) is 4.28. The van der Waals surface area contributed by atoms with Crippen LogP contribution < -0.4 is 0 Å². The molecule has 0 bridgehead atoms. The minimum Gasteiger partial charge on any atom is -0.481 e. The van der Waals surface area contributed by atoms with Gasteiger partial charge in [-0.05, 0) is 42.4 Å². The molecule has 5 unspecified atom stereocenters. The van der Waals surface area contributed by atoms with Crippen LogP contribution in [0.15, 0.2) is 0 Å². The highest BCUT2D eigenvalue weighted by Crippen LogP contribution is 2.75. The molecule has 1 spiro atoms. The number of hydrogen-bond donors (Lipinski definition) is 1. The molecule has 3 rings (SSSR count). The Kier molecular flexibility index (Phi) is 1.27. The number of hydrogen-bond acceptors (Lipinski definition) is 1. The summed E-state index contributed by atoms with van der Waals surface area (Å²) in [6.07, 6.45) is 4.90. The maximum absolute atomic E-state index is 10.9. The highest BCUT2D eigenvalue weighted by molar-refractivity contribution is 5.75. The molecule has 0 saturated heterocycles. The van der Waals surface area contributed by atoms with Crippen LogP contribution in [0.2, 0.25) is 0 Å². The number of fused-ring (bicyclic) bond motifs is 2. The first kappa shape index (κ1) is 7.84. The third-order valence-electron chi connectivity index (χ3n) is 4.84. The fraction of sp³-hybridized carbons (Fsp3) is 0.909. The van der Waals surface area contributed by atoms with Crippen molar-refractivity contribution >= 4 is 5.97 Å². The van der Waals surface area contributed by atoms with Gasteiger partial charge in [0, 0.05) is 0 Å². The summed E-state index contributed by atoms with van der Waals surface area (Å²) in [4.78, 5) is 10.9. The molecular formula is C11H16O2. The lowest BCUT2D eigenvalue weighted by atomic mass is 9.60. The van der Waals surface area contributed by atoms with Gasteiger partial charge in [0.2, 0.25) is 0 Å². The zero-order valence-electron chi connectivity index (χ0n) is 7.99. The van der Waals surface area contributed by atoms with E-state index in [9.17, 15) is 4.79 Å². The van der Waals surface area contributed by atoms with Gasteiger partial charge in [0.05, 0.1) is 5.92 Å². The predicted molar refractivity (Wildman–Crippen MR) is 48.2 cm³/mol. The van der Waals surface area contributed by atoms with E-state index < -0.39 is 5.97 Å². The minimum atomic E-state index is -0.544. The van der Waals surface area contributed by atoms with Crippen molar-refractivity contribution in [2.24, 2.45) is 29.1 Å². The molecule has 3 fully saturated rings. The molecule has 3 saturated carbocycles. The molecule has 0 amide bonds. The maximum atomic E-state index is 10.9. The second-order valence-corrected chi connectivity index (χ2v) is 5.37. The zero-order chi connectivity index (χ0) is 9.22. The molecule has 0 aliphatic heterocycles. The molecule has 0 aromatic carbocycles. The average Bonchev–Trinajstić information content (AvgIpc) is 2.68. The third kappa shape index (κ3) is 0.773. The van der Waals surface area contributed by atoms with E-state index >= 15 is 0 Å². The number of carbonyl (C=O) groups is 1. The zero-order valence-corrected chi connectivity index (χ0v) is 7.99. The molecule has 1 N–H and O–H groups in total. The van der Waals surface area contributed by atoms with Gasteiger partial charge in [-0.3, -0.25) is 4.79 Å². The highest BCUT2D eigenvalue weighted by Gasteiger charge is 2.72. The van der Waals surface area contributed by atoms with Gasteiger partial charge in [0.15, 0.2) is 0 Å². The van der Waals surface area contributed by atoms with Crippen molar-refractivity contribution in [3.63, 3.8) is 0 Å². The van der Waals surface area contributed by atoms with Crippen LogP contribution in [0.5, 0.6) is 0 Å². The van der Waals surface area contributed by atoms with E-state index in [0.717, 1.165) is 24.2 Å². The van der Waals surface area contributed by atoms with Crippen molar-refractivity contribution in [1.82, 2.24) is 0 Å². The van der Waals surface area contributed by atoms with Gasteiger partial charge in [-0.2, -0.15) is 0 Å². The Bertz CT molecular complexity index is 267. The van der Waals surface area contributed by atoms with Gasteiger partial charge in [0.1, 0.15) is 0 Å². The highest BCUT2D eigenvalue weighted by atomic mass is 16.4. The lowest BCUT2D eigenvalue weighted by Gasteiger charge is -2.44. The quantitative estimate of drug-likeness (QED) is 0.671. The summed E-state index contributed by atoms with van der Waals surface area (Å²) >= 11 is 0. The maximum Gasteiger partial charge on any atom is 0.307 e. The van der Waals surface area contributed by atoms with Gasteiger partial charge in [-0.15, -0.1) is 0 Å². The minimum absolute atomic E-state index is 0.0225. The summed E-state index contributed by atoms with van der Waals surface area (Å²) in [7, 11) is 0. The van der Waals surface area contributed by atoms with Crippen LogP contribution in [0, 0.1) is 29.1 Å². The molecule has 13 heavy (non-hydrogen) atoms. The number of aliphatic carboxylic acids is 1. The van der Waals surface area contributed by atoms with Gasteiger partial charge in [0.25, 0.3) is 0 Å². The normalized spacial score (nSPS) is 57.3. The van der Waals surface area contributed by atoms with Crippen molar-refractivity contribution in [2.45, 2.75) is 32.6 Å². The molecule has 3 aliphatic rings. The molecule has 72 valence electrons. The Morgan fingerprint density at radius 3 is 2.69 bits per heavy atom. The van der Waals surface area contributed by atoms with E-state index in [1.54, 1.807) is 0 Å². The molecule has 0 heterocycles. The number of carboxylic acids is 1. The lowest BCUT2D eigenvalue weighted by Crippen LogP contribution is -2.39. The van der Waals surface area contributed by atoms with Crippen LogP contribution in [0.3, 0.4) is 0 Å². The van der Waals surface area contributed by atoms with Crippen molar-refractivity contribution < 1.29 is 9.90 Å². The lowest BCUT2D eigenvalue weighted by molar-refractivity contribution is -0.141. The van der Waals surface area contributed by atoms with E-state index in [0.29, 0.717) is 0 Å². The van der Waals surface area contributed by atoms with E-state index in [4.69, 9.17) is 5.11 Å². The second-order valence-electron chi connectivity index (χ2n) is 5.37. The molecule has 3 aliphatic carbocycles. The molecule has 0 radical (unpaired) electrons. The van der Waals surface area contributed by atoms with E-state index in [1.165, 1.54) is 19.3 Å². The van der Waals surface area contributed by atoms with Crippen molar-refractivity contribution in [3.8, 4) is 0 Å². The fourth-order valence-corrected chi connectivity index (χ4v) is 4.28. The molecular weight excluding hydrogens is 164 g/mol. The predicted octanol–water partition coefficient (Wildman–Crippen LogP) is 2.14. The Morgan fingerprint density at radius 2 is 2.15 bits per heavy atom. The summed E-state index contributed by atoms with van der Waals surface area (Å²) in [6.45, 7) is 2.31. The first-order chi connectivity index (χ1) is 6.15. The first-order valence-electron chi connectivity index (χ1n) is 5.38. The summed E-state index contributed by atoms with van der Waals surface area (Å²) in [5.74, 6) is 1.93. The molecule has 0 aromatic rings. The second kappa shape index (κ2) is 2.10. The summed E-state index contributed by atoms with van der Waals surface area (Å²) in [6, 6.07) is 0. The van der Waals surface area contributed by atoms with Crippen LogP contribution in [0.4, 0.5) is 0 Å². The van der Waals surface area contributed by atoms with Crippen LogP contribution in [-0.2, 0) is 4.79 Å². The largest absolute Gasteiger partial charge is 0.481 e. The number of carboxylic acid groups (broad SMARTS) is 1. The molecule has 2 heteroatoms. The monoisotopic (exact) mass is 180 g/mol. The average molecular weight is 180 g/mol. The van der Waals surface area contributed by atoms with Crippen LogP contribution in [0.1, 0.15) is 32.6 Å². The van der Waals surface area contributed by atoms with Gasteiger partial charge >= 0.3 is 5.97 Å². The summed E-state index contributed by atoms with van der Waals surface area (Å²) in [5, 5.41) is 8.96. The topological polar surface area (TPSA) is 37.3 Å². The van der Waals surface area contributed by atoms with Crippen molar-refractivity contribution in [1.29, 1.82) is 0 Å². The van der Waals surface area contributed by atoms with Crippen LogP contribution in [0.25, 0.3) is 0 Å². The first-order valence-corrected chi connectivity index (χ1v) is 5.38. The Morgan fingerprint density at radius 1 is 1.38 bits per heavy atom. The van der Waals surface area contributed by atoms with E-state index in [-0.39, 0.29) is 11.3 Å². The molecule has 2 nitrogen and oxygen atoms in total. The van der Waals surface area contributed by atoms with Crippen LogP contribution >= 0.6 is 0 Å². The van der Waals surface area contributed by atoms with Crippen LogP contribution in [-0.4, -0.2) is 11.1 Å². The van der Waals surface area contributed by atoms with Gasteiger partial charge in [-0.25, -0.2) is 0 Å². The van der Waals surface area contributed by atoms with Crippen molar-refractivity contribution in [3.05, 3.63) is 0 Å². The standard InChI is InChI=1S/C11H16O2/c1-6-2-3-7-4-11(9(6)7)5-8(11)10(12)13/h6-9H,2-5H2,1H3,(H,12,13). The van der Waals surface area contributed by atoms with E-state index in [2.05, 4.69) is 6.92 Å². The molecule has 0 aromatic heterocycles. The number of rotatable bonds is 1. The Balaban J connectivity index is 1.80. The summed E-state index contributed by atoms with van der Waals surface area (Å²) < 4.78 is 0. The van der Waals surface area contributed by atoms with E-state index in [1.807, 2.05) is 0 Å².